The molecule has 9 heteroatoms. The number of carbonyl (C=O) groups excluding carboxylic acids is 2. The summed E-state index contributed by atoms with van der Waals surface area (Å²) in [6.45, 7) is 0.129. The molecule has 5 rings (SSSR count). The average Bonchev–Trinajstić information content (AvgIpc) is 3.36. The minimum Gasteiger partial charge on any atom is -0.497 e. The highest BCUT2D eigenvalue weighted by Crippen LogP contribution is 2.44. The Hall–Kier alpha value is -3.91. The van der Waals surface area contributed by atoms with E-state index in [1.165, 1.54) is 7.11 Å². The van der Waals surface area contributed by atoms with Gasteiger partial charge in [-0.1, -0.05) is 23.7 Å². The summed E-state index contributed by atoms with van der Waals surface area (Å²) >= 11 is 6.26. The predicted molar refractivity (Wildman–Crippen MR) is 135 cm³/mol. The first kappa shape index (κ1) is 23.8. The molecule has 2 aliphatic rings. The molecule has 0 saturated carbocycles. The minimum atomic E-state index is -0.550. The van der Waals surface area contributed by atoms with Crippen molar-refractivity contribution in [2.24, 2.45) is 5.92 Å². The van der Waals surface area contributed by atoms with Crippen LogP contribution in [0.2, 0.25) is 5.02 Å². The largest absolute Gasteiger partial charge is 0.497 e. The SMILES string of the molecule is COc1ccc([C@@H]2[C@H](C(=O)Nc3ccc(OC)c(Cl)c3)CCC(=O)N2c2ccc3c(c2)OCO3)cc1. The predicted octanol–water partition coefficient (Wildman–Crippen LogP) is 5.21. The Morgan fingerprint density at radius 2 is 1.78 bits per heavy atom. The highest BCUT2D eigenvalue weighted by Gasteiger charge is 2.42. The van der Waals surface area contributed by atoms with Crippen LogP contribution in [0.4, 0.5) is 11.4 Å². The van der Waals surface area contributed by atoms with Crippen LogP contribution in [0.5, 0.6) is 23.0 Å². The maximum absolute atomic E-state index is 13.6. The second kappa shape index (κ2) is 9.99. The smallest absolute Gasteiger partial charge is 0.231 e. The van der Waals surface area contributed by atoms with Crippen molar-refractivity contribution in [2.45, 2.75) is 18.9 Å². The first-order valence-corrected chi connectivity index (χ1v) is 11.9. The summed E-state index contributed by atoms with van der Waals surface area (Å²) in [6.07, 6.45) is 0.620. The molecule has 8 nitrogen and oxygen atoms in total. The number of ether oxygens (including phenoxy) is 4. The van der Waals surface area contributed by atoms with Crippen molar-refractivity contribution in [3.05, 3.63) is 71.2 Å². The number of piperidine rings is 1. The molecule has 0 aromatic heterocycles. The zero-order valence-electron chi connectivity index (χ0n) is 19.8. The number of amides is 2. The zero-order valence-corrected chi connectivity index (χ0v) is 20.6. The van der Waals surface area contributed by atoms with Gasteiger partial charge in [-0.15, -0.1) is 0 Å². The van der Waals surface area contributed by atoms with Crippen molar-refractivity contribution >= 4 is 34.8 Å². The molecular formula is C27H25ClN2O6. The Bertz CT molecular complexity index is 1300. The molecule has 0 bridgehead atoms. The molecule has 0 unspecified atom stereocenters. The number of methoxy groups -OCH3 is 2. The van der Waals surface area contributed by atoms with Gasteiger partial charge >= 0.3 is 0 Å². The molecule has 1 N–H and O–H groups in total. The van der Waals surface area contributed by atoms with Crippen molar-refractivity contribution in [3.63, 3.8) is 0 Å². The van der Waals surface area contributed by atoms with Crippen LogP contribution in [-0.2, 0) is 9.59 Å². The molecule has 0 spiro atoms. The fourth-order valence-corrected chi connectivity index (χ4v) is 4.93. The van der Waals surface area contributed by atoms with E-state index < -0.39 is 12.0 Å². The first-order chi connectivity index (χ1) is 17.5. The second-order valence-corrected chi connectivity index (χ2v) is 8.91. The van der Waals surface area contributed by atoms with E-state index in [0.29, 0.717) is 45.8 Å². The maximum Gasteiger partial charge on any atom is 0.231 e. The first-order valence-electron chi connectivity index (χ1n) is 11.5. The van der Waals surface area contributed by atoms with Crippen molar-refractivity contribution in [3.8, 4) is 23.0 Å². The van der Waals surface area contributed by atoms with Gasteiger partial charge in [0.05, 0.1) is 31.2 Å². The van der Waals surface area contributed by atoms with E-state index >= 15 is 0 Å². The van der Waals surface area contributed by atoms with Crippen LogP contribution in [0.3, 0.4) is 0 Å². The minimum absolute atomic E-state index is 0.0776. The van der Waals surface area contributed by atoms with E-state index in [9.17, 15) is 9.59 Å². The molecule has 36 heavy (non-hydrogen) atoms. The lowest BCUT2D eigenvalue weighted by atomic mass is 9.83. The van der Waals surface area contributed by atoms with Crippen LogP contribution < -0.4 is 29.2 Å². The standard InChI is InChI=1S/C27H25ClN2O6/c1-33-19-7-3-16(4-8-19)26-20(27(32)29-17-5-10-22(34-2)21(28)13-17)9-12-25(31)30(26)18-6-11-23-24(14-18)36-15-35-23/h3-8,10-11,13-14,20,26H,9,12,15H2,1-2H3,(H,29,32)/t20-,26-/m1/s1. The number of hydrogen-bond acceptors (Lipinski definition) is 6. The molecule has 2 aliphatic heterocycles. The third-order valence-electron chi connectivity index (χ3n) is 6.44. The topological polar surface area (TPSA) is 86.3 Å². The van der Waals surface area contributed by atoms with Gasteiger partial charge in [-0.2, -0.15) is 0 Å². The van der Waals surface area contributed by atoms with Gasteiger partial charge in [0.1, 0.15) is 11.5 Å². The number of anilines is 2. The molecule has 2 atom stereocenters. The van der Waals surface area contributed by atoms with Gasteiger partial charge in [-0.05, 0) is 54.4 Å². The molecule has 1 saturated heterocycles. The molecule has 186 valence electrons. The van der Waals surface area contributed by atoms with Gasteiger partial charge in [0.2, 0.25) is 18.6 Å². The fourth-order valence-electron chi connectivity index (χ4n) is 4.67. The Labute approximate surface area is 213 Å². The summed E-state index contributed by atoms with van der Waals surface area (Å²) in [5.41, 5.74) is 2.00. The van der Waals surface area contributed by atoms with E-state index in [0.717, 1.165) is 5.56 Å². The monoisotopic (exact) mass is 508 g/mol. The highest BCUT2D eigenvalue weighted by molar-refractivity contribution is 6.32. The third-order valence-corrected chi connectivity index (χ3v) is 6.74. The van der Waals surface area contributed by atoms with Crippen LogP contribution in [0.1, 0.15) is 24.4 Å². The van der Waals surface area contributed by atoms with E-state index in [1.807, 2.05) is 30.3 Å². The number of nitrogens with one attached hydrogen (secondary N) is 1. The molecule has 0 radical (unpaired) electrons. The molecule has 2 heterocycles. The fraction of sp³-hybridized carbons (Fsp3) is 0.259. The maximum atomic E-state index is 13.6. The summed E-state index contributed by atoms with van der Waals surface area (Å²) in [5, 5.41) is 3.36. The Balaban J connectivity index is 1.52. The number of halogens is 1. The van der Waals surface area contributed by atoms with E-state index in [1.54, 1.807) is 42.3 Å². The molecule has 1 fully saturated rings. The average molecular weight is 509 g/mol. The van der Waals surface area contributed by atoms with E-state index in [-0.39, 0.29) is 25.0 Å². The van der Waals surface area contributed by atoms with Crippen molar-refractivity contribution in [1.82, 2.24) is 0 Å². The van der Waals surface area contributed by atoms with Crippen molar-refractivity contribution < 1.29 is 28.5 Å². The molecule has 3 aromatic rings. The summed E-state index contributed by atoms with van der Waals surface area (Å²) in [7, 11) is 3.12. The van der Waals surface area contributed by atoms with Gasteiger partial charge in [-0.25, -0.2) is 0 Å². The molecular weight excluding hydrogens is 484 g/mol. The van der Waals surface area contributed by atoms with Gasteiger partial charge in [-0.3, -0.25) is 9.59 Å². The van der Waals surface area contributed by atoms with Crippen molar-refractivity contribution in [1.29, 1.82) is 0 Å². The van der Waals surface area contributed by atoms with Crippen LogP contribution in [0.15, 0.2) is 60.7 Å². The van der Waals surface area contributed by atoms with Crippen LogP contribution >= 0.6 is 11.6 Å². The lowest BCUT2D eigenvalue weighted by molar-refractivity contribution is -0.125. The molecule has 0 aliphatic carbocycles. The van der Waals surface area contributed by atoms with Crippen LogP contribution in [0.25, 0.3) is 0 Å². The van der Waals surface area contributed by atoms with E-state index in [4.69, 9.17) is 30.5 Å². The summed E-state index contributed by atoms with van der Waals surface area (Å²) in [6, 6.07) is 17.3. The third kappa shape index (κ3) is 4.52. The number of fused-ring (bicyclic) bond motifs is 1. The zero-order chi connectivity index (χ0) is 25.2. The number of carbonyl (C=O) groups is 2. The second-order valence-electron chi connectivity index (χ2n) is 8.50. The van der Waals surface area contributed by atoms with Gasteiger partial charge in [0.25, 0.3) is 0 Å². The Morgan fingerprint density at radius 1 is 1.00 bits per heavy atom. The van der Waals surface area contributed by atoms with Gasteiger partial charge in [0.15, 0.2) is 11.5 Å². The summed E-state index contributed by atoms with van der Waals surface area (Å²) in [5.74, 6) is 1.57. The Morgan fingerprint density at radius 3 is 2.50 bits per heavy atom. The van der Waals surface area contributed by atoms with E-state index in [2.05, 4.69) is 5.32 Å². The highest BCUT2D eigenvalue weighted by atomic mass is 35.5. The summed E-state index contributed by atoms with van der Waals surface area (Å²) in [4.78, 5) is 28.6. The summed E-state index contributed by atoms with van der Waals surface area (Å²) < 4.78 is 21.5. The number of nitrogens with zero attached hydrogens (tertiary/aromatic N) is 1. The van der Waals surface area contributed by atoms with Crippen LogP contribution in [-0.4, -0.2) is 32.8 Å². The normalized spacial score (nSPS) is 18.6. The van der Waals surface area contributed by atoms with Crippen molar-refractivity contribution in [2.75, 3.05) is 31.2 Å². The molecule has 3 aromatic carbocycles. The van der Waals surface area contributed by atoms with Gasteiger partial charge in [0, 0.05) is 23.9 Å². The lowest BCUT2D eigenvalue weighted by Gasteiger charge is -2.41. The molecule has 2 amide bonds. The van der Waals surface area contributed by atoms with Crippen LogP contribution in [0, 0.1) is 5.92 Å². The van der Waals surface area contributed by atoms with Gasteiger partial charge < -0.3 is 29.2 Å². The number of benzene rings is 3. The quantitative estimate of drug-likeness (QED) is 0.492. The lowest BCUT2D eigenvalue weighted by Crippen LogP contribution is -2.47. The number of hydrogen-bond donors (Lipinski definition) is 1. The number of rotatable bonds is 6. The Kier molecular flexibility index (Phi) is 6.61.